The van der Waals surface area contributed by atoms with Gasteiger partial charge in [-0.1, -0.05) is 35.7 Å². The van der Waals surface area contributed by atoms with E-state index in [4.69, 9.17) is 29.3 Å². The maximum absolute atomic E-state index is 7.90. The lowest BCUT2D eigenvalue weighted by molar-refractivity contribution is 0.245. The number of rotatable bonds is 6. The minimum absolute atomic E-state index is 0.0999. The van der Waals surface area contributed by atoms with Crippen molar-refractivity contribution in [3.63, 3.8) is 0 Å². The van der Waals surface area contributed by atoms with Gasteiger partial charge in [-0.25, -0.2) is 0 Å². The van der Waals surface area contributed by atoms with E-state index in [1.807, 2.05) is 10.7 Å². The van der Waals surface area contributed by atoms with Crippen molar-refractivity contribution in [2.75, 3.05) is 19.6 Å². The Labute approximate surface area is 207 Å². The van der Waals surface area contributed by atoms with Gasteiger partial charge in [0.2, 0.25) is 0 Å². The van der Waals surface area contributed by atoms with E-state index < -0.39 is 0 Å². The lowest BCUT2D eigenvalue weighted by Gasteiger charge is -2.29. The fourth-order valence-electron chi connectivity index (χ4n) is 4.85. The number of ether oxygens (including phenoxy) is 1. The average Bonchev–Trinajstić information content (AvgIpc) is 3.17. The van der Waals surface area contributed by atoms with Crippen LogP contribution >= 0.6 is 23.2 Å². The number of aromatic nitrogens is 2. The van der Waals surface area contributed by atoms with E-state index in [0.717, 1.165) is 78.1 Å². The molecule has 0 amide bonds. The Balaban J connectivity index is 1.27. The molecule has 5 rings (SSSR count). The van der Waals surface area contributed by atoms with Gasteiger partial charge >= 0.3 is 0 Å². The second-order valence-corrected chi connectivity index (χ2v) is 10.1. The summed E-state index contributed by atoms with van der Waals surface area (Å²) in [5, 5.41) is 6.84. The molecule has 6 heteroatoms. The molecule has 1 saturated heterocycles. The van der Waals surface area contributed by atoms with Crippen LogP contribution in [-0.2, 0) is 13.0 Å². The predicted octanol–water partition coefficient (Wildman–Crippen LogP) is 7.23. The van der Waals surface area contributed by atoms with Crippen molar-refractivity contribution in [3.8, 4) is 5.75 Å². The maximum atomic E-state index is 7.90. The van der Waals surface area contributed by atoms with Crippen molar-refractivity contribution >= 4 is 39.1 Å². The number of fused-ring (bicyclic) bond motifs is 2. The molecule has 0 spiro atoms. The SMILES string of the molecule is [2H]C1CCN(CC2=C(Cl)c3ccc(OCc4ccc5c(c4)c(Cl)nn5C(C)C)cc3CC2)CC1. The highest BCUT2D eigenvalue weighted by Gasteiger charge is 2.21. The van der Waals surface area contributed by atoms with E-state index in [2.05, 4.69) is 54.2 Å². The van der Waals surface area contributed by atoms with Crippen LogP contribution in [0.4, 0.5) is 0 Å². The highest BCUT2D eigenvalue weighted by molar-refractivity contribution is 6.49. The normalized spacial score (nSPS) is 18.2. The Morgan fingerprint density at radius 3 is 2.70 bits per heavy atom. The van der Waals surface area contributed by atoms with Crippen molar-refractivity contribution in [3.05, 3.63) is 63.8 Å². The number of hydrogen-bond acceptors (Lipinski definition) is 3. The lowest BCUT2D eigenvalue weighted by atomic mass is 9.91. The van der Waals surface area contributed by atoms with Crippen LogP contribution in [0.15, 0.2) is 42.0 Å². The molecule has 0 radical (unpaired) electrons. The van der Waals surface area contributed by atoms with Crippen LogP contribution in [0.2, 0.25) is 5.15 Å². The van der Waals surface area contributed by atoms with Crippen molar-refractivity contribution < 1.29 is 6.11 Å². The molecule has 174 valence electrons. The van der Waals surface area contributed by atoms with Gasteiger partial charge in [-0.05, 0) is 105 Å². The maximum Gasteiger partial charge on any atom is 0.158 e. The summed E-state index contributed by atoms with van der Waals surface area (Å²) in [4.78, 5) is 2.44. The van der Waals surface area contributed by atoms with Crippen LogP contribution in [-0.4, -0.2) is 34.3 Å². The highest BCUT2D eigenvalue weighted by atomic mass is 35.5. The zero-order chi connectivity index (χ0) is 23.8. The molecule has 1 fully saturated rings. The van der Waals surface area contributed by atoms with Crippen LogP contribution in [0.3, 0.4) is 0 Å². The topological polar surface area (TPSA) is 30.3 Å². The average molecular weight is 485 g/mol. The fourth-order valence-corrected chi connectivity index (χ4v) is 5.42. The molecular weight excluding hydrogens is 453 g/mol. The second kappa shape index (κ2) is 9.69. The summed E-state index contributed by atoms with van der Waals surface area (Å²) in [5.74, 6) is 0.855. The Bertz CT molecular complexity index is 1230. The molecule has 1 aromatic heterocycles. The second-order valence-electron chi connectivity index (χ2n) is 9.35. The van der Waals surface area contributed by atoms with E-state index in [-0.39, 0.29) is 12.4 Å². The highest BCUT2D eigenvalue weighted by Crippen LogP contribution is 2.37. The third-order valence-corrected chi connectivity index (χ3v) is 7.40. The largest absolute Gasteiger partial charge is 0.489 e. The van der Waals surface area contributed by atoms with Gasteiger partial charge in [-0.15, -0.1) is 0 Å². The Kier molecular flexibility index (Phi) is 6.32. The van der Waals surface area contributed by atoms with Crippen LogP contribution in [0.5, 0.6) is 5.75 Å². The predicted molar refractivity (Wildman–Crippen MR) is 137 cm³/mol. The number of aryl methyl sites for hydroxylation is 1. The minimum Gasteiger partial charge on any atom is -0.489 e. The van der Waals surface area contributed by atoms with Crippen molar-refractivity contribution in [2.45, 2.75) is 58.6 Å². The third kappa shape index (κ3) is 4.80. The number of halogens is 2. The standard InChI is InChI=1S/C27H31Cl2N3O/c1-18(2)32-25-11-6-19(14-24(25)27(29)30-32)17-33-22-9-10-23-20(15-22)7-8-21(26(23)28)16-31-12-4-3-5-13-31/h6,9-11,14-15,18H,3-5,7-8,12-13,16-17H2,1-2H3/i3D. The molecule has 1 aliphatic carbocycles. The Hall–Kier alpha value is -2.01. The molecule has 4 nitrogen and oxygen atoms in total. The third-order valence-electron chi connectivity index (χ3n) is 6.65. The molecule has 2 aromatic carbocycles. The first-order valence-corrected chi connectivity index (χ1v) is 12.6. The molecule has 0 unspecified atom stereocenters. The molecule has 0 saturated carbocycles. The lowest BCUT2D eigenvalue weighted by Crippen LogP contribution is -2.32. The summed E-state index contributed by atoms with van der Waals surface area (Å²) in [6.45, 7) is 7.58. The van der Waals surface area contributed by atoms with E-state index in [1.165, 1.54) is 11.1 Å². The molecule has 3 aromatic rings. The van der Waals surface area contributed by atoms with E-state index >= 15 is 0 Å². The van der Waals surface area contributed by atoms with E-state index in [0.29, 0.717) is 11.8 Å². The molecule has 0 bridgehead atoms. The molecule has 1 aliphatic heterocycles. The summed E-state index contributed by atoms with van der Waals surface area (Å²) in [5.41, 5.74) is 5.79. The van der Waals surface area contributed by atoms with Crippen LogP contribution in [0.25, 0.3) is 15.9 Å². The zero-order valence-corrected chi connectivity index (χ0v) is 20.8. The number of benzene rings is 2. The van der Waals surface area contributed by atoms with Gasteiger partial charge in [-0.2, -0.15) is 5.10 Å². The molecule has 2 aliphatic rings. The summed E-state index contributed by atoms with van der Waals surface area (Å²) in [6.07, 6.45) is 3.97. The van der Waals surface area contributed by atoms with Crippen LogP contribution in [0.1, 0.15) is 63.6 Å². The molecule has 0 atom stereocenters. The number of nitrogens with zero attached hydrogens (tertiary/aromatic N) is 3. The first-order valence-electron chi connectivity index (χ1n) is 12.4. The van der Waals surface area contributed by atoms with Gasteiger partial charge in [0, 0.05) is 24.4 Å². The van der Waals surface area contributed by atoms with Gasteiger partial charge in [0.15, 0.2) is 5.15 Å². The summed E-state index contributed by atoms with van der Waals surface area (Å²) >= 11 is 13.2. The first kappa shape index (κ1) is 21.5. The quantitative estimate of drug-likeness (QED) is 0.369. The van der Waals surface area contributed by atoms with Crippen molar-refractivity contribution in [1.82, 2.24) is 14.7 Å². The van der Waals surface area contributed by atoms with Crippen molar-refractivity contribution in [2.24, 2.45) is 0 Å². The minimum atomic E-state index is 0.0999. The summed E-state index contributed by atoms with van der Waals surface area (Å²) in [6, 6.07) is 12.7. The smallest absolute Gasteiger partial charge is 0.158 e. The van der Waals surface area contributed by atoms with Crippen LogP contribution < -0.4 is 4.74 Å². The number of piperidine rings is 1. The summed E-state index contributed by atoms with van der Waals surface area (Å²) in [7, 11) is 0. The monoisotopic (exact) mass is 484 g/mol. The van der Waals surface area contributed by atoms with Gasteiger partial charge in [-0.3, -0.25) is 9.58 Å². The zero-order valence-electron chi connectivity index (χ0n) is 20.3. The van der Waals surface area contributed by atoms with Gasteiger partial charge < -0.3 is 4.74 Å². The van der Waals surface area contributed by atoms with Gasteiger partial charge in [0.05, 0.1) is 5.52 Å². The first-order chi connectivity index (χ1) is 16.4. The summed E-state index contributed by atoms with van der Waals surface area (Å²) < 4.78 is 16.0. The molecule has 0 N–H and O–H groups in total. The molecule has 2 heterocycles. The number of likely N-dealkylation sites (tertiary alicyclic amines) is 1. The van der Waals surface area contributed by atoms with Gasteiger partial charge in [0.25, 0.3) is 0 Å². The van der Waals surface area contributed by atoms with Crippen molar-refractivity contribution in [1.29, 1.82) is 0 Å². The molecule has 33 heavy (non-hydrogen) atoms. The Morgan fingerprint density at radius 2 is 1.91 bits per heavy atom. The number of hydrogen-bond donors (Lipinski definition) is 0. The Morgan fingerprint density at radius 1 is 1.09 bits per heavy atom. The van der Waals surface area contributed by atoms with E-state index in [9.17, 15) is 0 Å². The van der Waals surface area contributed by atoms with Crippen LogP contribution in [0, 0.1) is 0 Å². The van der Waals surface area contributed by atoms with E-state index in [1.54, 1.807) is 0 Å². The fraction of sp³-hybridized carbons (Fsp3) is 0.444. The molecular formula is C27H31Cl2N3O. The van der Waals surface area contributed by atoms with Gasteiger partial charge in [0.1, 0.15) is 12.4 Å².